The summed E-state index contributed by atoms with van der Waals surface area (Å²) in [5.74, 6) is -2.49. The van der Waals surface area contributed by atoms with Crippen molar-refractivity contribution in [3.8, 4) is 5.75 Å². The first-order chi connectivity index (χ1) is 25.6. The molecule has 0 heterocycles. The molecule has 1 aromatic carbocycles. The van der Waals surface area contributed by atoms with E-state index < -0.39 is 43.5 Å². The predicted octanol–water partition coefficient (Wildman–Crippen LogP) is 6.07. The first kappa shape index (κ1) is 50.0. The van der Waals surface area contributed by atoms with Crippen LogP contribution >= 0.6 is 0 Å². The molecule has 5 atom stereocenters. The lowest BCUT2D eigenvalue weighted by Gasteiger charge is -2.54. The molecule has 0 aliphatic rings. The number of methoxy groups -OCH3 is 1. The Labute approximate surface area is 334 Å². The monoisotopic (exact) mass is 793 g/mol. The Balaban J connectivity index is 3.73. The number of benzene rings is 1. The van der Waals surface area contributed by atoms with Gasteiger partial charge in [0.2, 0.25) is 11.8 Å². The van der Waals surface area contributed by atoms with Crippen molar-refractivity contribution in [3.63, 3.8) is 0 Å². The standard InChI is InChI=1S/C42H76N4O8Si/c1-28(2)32(37(48)45-26-30(5)36(47)44-11)22-21-31(39(50)53-40(6,7)8)25-34(29(3)4)42(54-55(13)14,41(9,10)27-43)46-38(49)33-19-15-16-20-35(33)52-24-18-17-23-51-12/h15-16,19-20,28-32,34,55H,17-18,21-27,43H2,1-14H3,(H,44,47)(H,45,48)(H,46,49)/t30?,31-,32-,34+,42?/m0/s1. The Morgan fingerprint density at radius 1 is 0.873 bits per heavy atom. The molecule has 1 aromatic rings. The summed E-state index contributed by atoms with van der Waals surface area (Å²) in [6, 6.07) is 7.18. The number of nitrogens with one attached hydrogen (secondary N) is 3. The molecule has 13 heteroatoms. The van der Waals surface area contributed by atoms with Gasteiger partial charge in [-0.1, -0.05) is 60.6 Å². The van der Waals surface area contributed by atoms with Gasteiger partial charge in [-0.05, 0) is 89.9 Å². The van der Waals surface area contributed by atoms with E-state index in [2.05, 4.69) is 42.9 Å². The summed E-state index contributed by atoms with van der Waals surface area (Å²) in [7, 11) is 1.33. The van der Waals surface area contributed by atoms with Gasteiger partial charge >= 0.3 is 5.97 Å². The van der Waals surface area contributed by atoms with Crippen LogP contribution < -0.4 is 26.4 Å². The van der Waals surface area contributed by atoms with Gasteiger partial charge in [-0.2, -0.15) is 0 Å². The fourth-order valence-electron chi connectivity index (χ4n) is 6.91. The summed E-state index contributed by atoms with van der Waals surface area (Å²) < 4.78 is 24.4. The van der Waals surface area contributed by atoms with Gasteiger partial charge in [0.1, 0.15) is 17.1 Å². The topological polar surface area (TPSA) is 167 Å². The molecule has 55 heavy (non-hydrogen) atoms. The van der Waals surface area contributed by atoms with Crippen LogP contribution in [0, 0.1) is 40.9 Å². The zero-order chi connectivity index (χ0) is 42.1. The van der Waals surface area contributed by atoms with Crippen molar-refractivity contribution in [2.75, 3.05) is 40.5 Å². The van der Waals surface area contributed by atoms with Gasteiger partial charge in [0.05, 0.1) is 24.0 Å². The average Bonchev–Trinajstić information content (AvgIpc) is 3.09. The van der Waals surface area contributed by atoms with Gasteiger partial charge < -0.3 is 40.3 Å². The molecule has 12 nitrogen and oxygen atoms in total. The highest BCUT2D eigenvalue weighted by molar-refractivity contribution is 6.48. The first-order valence-corrected chi connectivity index (χ1v) is 23.0. The van der Waals surface area contributed by atoms with Gasteiger partial charge in [-0.25, -0.2) is 0 Å². The molecule has 0 aromatic heterocycles. The molecule has 1 rings (SSSR count). The Hall–Kier alpha value is -3.00. The second kappa shape index (κ2) is 23.3. The van der Waals surface area contributed by atoms with Gasteiger partial charge in [0.25, 0.3) is 5.91 Å². The van der Waals surface area contributed by atoms with E-state index in [4.69, 9.17) is 24.4 Å². The Morgan fingerprint density at radius 2 is 1.49 bits per heavy atom. The van der Waals surface area contributed by atoms with Crippen LogP contribution in [-0.4, -0.2) is 84.5 Å². The lowest BCUT2D eigenvalue weighted by molar-refractivity contribution is -0.165. The van der Waals surface area contributed by atoms with Gasteiger partial charge in [-0.15, -0.1) is 0 Å². The highest BCUT2D eigenvalue weighted by atomic mass is 28.3. The van der Waals surface area contributed by atoms with E-state index >= 15 is 0 Å². The SMILES string of the molecule is CNC(=O)C(C)CNC(=O)[C@@H](CC[C@@H](C[C@H](C(C)C)C(NC(=O)c1ccccc1OCCCCOC)(O[SiH](C)C)C(C)(C)CN)C(=O)OC(C)(C)C)C(C)C. The molecule has 0 bridgehead atoms. The van der Waals surface area contributed by atoms with Crippen LogP contribution in [0.1, 0.15) is 112 Å². The molecule has 0 aliphatic carbocycles. The normalized spacial score (nSPS) is 15.5. The molecular formula is C42H76N4O8Si. The summed E-state index contributed by atoms with van der Waals surface area (Å²) in [4.78, 5) is 54.4. The molecule has 0 saturated carbocycles. The highest BCUT2D eigenvalue weighted by Crippen LogP contribution is 2.46. The van der Waals surface area contributed by atoms with Gasteiger partial charge in [-0.3, -0.25) is 19.2 Å². The molecule has 316 valence electrons. The molecule has 3 amide bonds. The van der Waals surface area contributed by atoms with Crippen molar-refractivity contribution >= 4 is 32.7 Å². The van der Waals surface area contributed by atoms with Crippen molar-refractivity contribution in [1.29, 1.82) is 0 Å². The van der Waals surface area contributed by atoms with Crippen molar-refractivity contribution < 1.29 is 37.8 Å². The van der Waals surface area contributed by atoms with Crippen LogP contribution in [0.2, 0.25) is 13.1 Å². The van der Waals surface area contributed by atoms with Crippen LogP contribution in [0.5, 0.6) is 5.75 Å². The van der Waals surface area contributed by atoms with E-state index in [1.807, 2.05) is 54.5 Å². The number of ether oxygens (including phenoxy) is 3. The summed E-state index contributed by atoms with van der Waals surface area (Å²) in [5.41, 5.74) is 4.12. The van der Waals surface area contributed by atoms with Crippen LogP contribution in [0.3, 0.4) is 0 Å². The van der Waals surface area contributed by atoms with E-state index in [-0.39, 0.29) is 54.5 Å². The second-order valence-corrected chi connectivity index (χ2v) is 19.8. The second-order valence-electron chi connectivity index (χ2n) is 17.5. The number of rotatable bonds is 25. The lowest BCUT2D eigenvalue weighted by atomic mass is 9.66. The number of hydrogen-bond donors (Lipinski definition) is 4. The Kier molecular flexibility index (Phi) is 21.2. The van der Waals surface area contributed by atoms with Crippen LogP contribution in [-0.2, 0) is 28.3 Å². The molecule has 0 saturated heterocycles. The Bertz CT molecular complexity index is 1350. The maximum atomic E-state index is 14.6. The van der Waals surface area contributed by atoms with Gasteiger partial charge in [0.15, 0.2) is 9.04 Å². The van der Waals surface area contributed by atoms with Crippen LogP contribution in [0.25, 0.3) is 0 Å². The van der Waals surface area contributed by atoms with Crippen LogP contribution in [0.4, 0.5) is 0 Å². The van der Waals surface area contributed by atoms with E-state index in [1.165, 1.54) is 0 Å². The third kappa shape index (κ3) is 15.8. The molecular weight excluding hydrogens is 717 g/mol. The number of esters is 1. The number of carbonyl (C=O) groups is 4. The summed E-state index contributed by atoms with van der Waals surface area (Å²) in [6.45, 7) is 25.0. The molecule has 2 unspecified atom stereocenters. The first-order valence-electron chi connectivity index (χ1n) is 20.2. The van der Waals surface area contributed by atoms with Gasteiger partial charge in [0, 0.05) is 51.1 Å². The third-order valence-corrected chi connectivity index (χ3v) is 11.1. The number of para-hydroxylation sites is 1. The van der Waals surface area contributed by atoms with E-state index in [0.29, 0.717) is 43.8 Å². The number of amides is 3. The molecule has 0 radical (unpaired) electrons. The van der Waals surface area contributed by atoms with E-state index in [1.54, 1.807) is 39.3 Å². The number of carbonyl (C=O) groups excluding carboxylic acids is 4. The van der Waals surface area contributed by atoms with Crippen molar-refractivity contribution in [3.05, 3.63) is 29.8 Å². The minimum absolute atomic E-state index is 0.0254. The molecule has 5 N–H and O–H groups in total. The minimum atomic E-state index is -1.90. The predicted molar refractivity (Wildman–Crippen MR) is 222 cm³/mol. The van der Waals surface area contributed by atoms with E-state index in [9.17, 15) is 19.2 Å². The van der Waals surface area contributed by atoms with Crippen molar-refractivity contribution in [1.82, 2.24) is 16.0 Å². The number of nitrogens with two attached hydrogens (primary N) is 1. The smallest absolute Gasteiger partial charge is 0.309 e. The fraction of sp³-hybridized carbons (Fsp3) is 0.762. The summed E-state index contributed by atoms with van der Waals surface area (Å²) >= 11 is 0. The minimum Gasteiger partial charge on any atom is -0.493 e. The highest BCUT2D eigenvalue weighted by Gasteiger charge is 2.54. The summed E-state index contributed by atoms with van der Waals surface area (Å²) in [6.07, 6.45) is 2.70. The lowest BCUT2D eigenvalue weighted by Crippen LogP contribution is -2.68. The maximum absolute atomic E-state index is 14.6. The molecule has 0 fully saturated rings. The zero-order valence-electron chi connectivity index (χ0n) is 36.6. The zero-order valence-corrected chi connectivity index (χ0v) is 37.7. The fourth-order valence-corrected chi connectivity index (χ4v) is 8.21. The molecule has 0 aliphatic heterocycles. The largest absolute Gasteiger partial charge is 0.493 e. The number of unbranched alkanes of at least 4 members (excludes halogenated alkanes) is 1. The quantitative estimate of drug-likeness (QED) is 0.0398. The maximum Gasteiger partial charge on any atom is 0.309 e. The van der Waals surface area contributed by atoms with Crippen molar-refractivity contribution in [2.24, 2.45) is 46.7 Å². The summed E-state index contributed by atoms with van der Waals surface area (Å²) in [5, 5.41) is 8.96. The van der Waals surface area contributed by atoms with Crippen molar-refractivity contribution in [2.45, 2.75) is 126 Å². The molecule has 0 spiro atoms. The van der Waals surface area contributed by atoms with Crippen LogP contribution in [0.15, 0.2) is 24.3 Å². The van der Waals surface area contributed by atoms with E-state index in [0.717, 1.165) is 12.8 Å². The third-order valence-electron chi connectivity index (χ3n) is 10.2. The average molecular weight is 793 g/mol. The Morgan fingerprint density at radius 3 is 2.02 bits per heavy atom. The number of hydrogen-bond acceptors (Lipinski definition) is 9.